The van der Waals surface area contributed by atoms with Gasteiger partial charge in [-0.25, -0.2) is 9.59 Å². The summed E-state index contributed by atoms with van der Waals surface area (Å²) in [6, 6.07) is 19.2. The highest BCUT2D eigenvalue weighted by molar-refractivity contribution is 5.81. The molecule has 2 aromatic rings. The summed E-state index contributed by atoms with van der Waals surface area (Å²) in [4.78, 5) is 25.9. The number of hydrogen-bond donors (Lipinski definition) is 1. The number of ether oxygens (including phenoxy) is 1. The van der Waals surface area contributed by atoms with E-state index in [1.807, 2.05) is 36.4 Å². The molecule has 1 N–H and O–H groups in total. The third-order valence-electron chi connectivity index (χ3n) is 5.04. The monoisotopic (exact) mass is 381 g/mol. The first-order chi connectivity index (χ1) is 13.3. The number of carboxylic acid groups (broad SMARTS) is 1. The lowest BCUT2D eigenvalue weighted by Crippen LogP contribution is -2.43. The molecule has 2 atom stereocenters. The number of aliphatic carboxylic acids is 1. The van der Waals surface area contributed by atoms with Crippen molar-refractivity contribution in [2.24, 2.45) is 5.92 Å². The lowest BCUT2D eigenvalue weighted by molar-refractivity contribution is -0.142. The van der Waals surface area contributed by atoms with E-state index in [1.165, 1.54) is 4.90 Å². The van der Waals surface area contributed by atoms with Crippen LogP contribution in [0.15, 0.2) is 60.7 Å². The van der Waals surface area contributed by atoms with Crippen LogP contribution in [0.5, 0.6) is 0 Å². The summed E-state index contributed by atoms with van der Waals surface area (Å²) in [7, 11) is 0. The van der Waals surface area contributed by atoms with Crippen LogP contribution in [0.1, 0.15) is 44.2 Å². The summed E-state index contributed by atoms with van der Waals surface area (Å²) >= 11 is 0. The van der Waals surface area contributed by atoms with Gasteiger partial charge in [0.2, 0.25) is 0 Å². The molecule has 1 fully saturated rings. The predicted molar refractivity (Wildman–Crippen MR) is 107 cm³/mol. The van der Waals surface area contributed by atoms with Crippen molar-refractivity contribution in [1.82, 2.24) is 4.90 Å². The van der Waals surface area contributed by atoms with Crippen LogP contribution in [-0.2, 0) is 9.53 Å². The minimum Gasteiger partial charge on any atom is -0.480 e. The van der Waals surface area contributed by atoms with E-state index in [0.717, 1.165) is 11.1 Å². The number of amides is 1. The zero-order chi connectivity index (χ0) is 20.3. The van der Waals surface area contributed by atoms with Crippen LogP contribution < -0.4 is 0 Å². The van der Waals surface area contributed by atoms with Gasteiger partial charge in [0.05, 0.1) is 0 Å². The van der Waals surface area contributed by atoms with Gasteiger partial charge in [-0.3, -0.25) is 4.90 Å². The smallest absolute Gasteiger partial charge is 0.411 e. The van der Waals surface area contributed by atoms with Crippen LogP contribution in [0.4, 0.5) is 4.79 Å². The summed E-state index contributed by atoms with van der Waals surface area (Å²) in [6.45, 7) is 5.70. The molecule has 5 heteroatoms. The average molecular weight is 381 g/mol. The Labute approximate surface area is 165 Å². The molecule has 1 aliphatic heterocycles. The van der Waals surface area contributed by atoms with Gasteiger partial charge in [0.1, 0.15) is 11.6 Å². The topological polar surface area (TPSA) is 66.8 Å². The molecule has 1 heterocycles. The van der Waals surface area contributed by atoms with E-state index in [4.69, 9.17) is 4.74 Å². The number of benzene rings is 2. The van der Waals surface area contributed by atoms with Crippen LogP contribution >= 0.6 is 0 Å². The number of hydrogen-bond acceptors (Lipinski definition) is 3. The van der Waals surface area contributed by atoms with E-state index in [1.54, 1.807) is 20.8 Å². The molecule has 0 bridgehead atoms. The second kappa shape index (κ2) is 8.05. The van der Waals surface area contributed by atoms with Crippen molar-refractivity contribution in [2.75, 3.05) is 6.54 Å². The van der Waals surface area contributed by atoms with Gasteiger partial charge in [-0.05, 0) is 44.2 Å². The molecular formula is C23H27NO4. The Kier molecular flexibility index (Phi) is 5.73. The summed E-state index contributed by atoms with van der Waals surface area (Å²) in [5, 5.41) is 9.72. The summed E-state index contributed by atoms with van der Waals surface area (Å²) < 4.78 is 5.47. The van der Waals surface area contributed by atoms with E-state index < -0.39 is 23.7 Å². The molecular weight excluding hydrogens is 354 g/mol. The van der Waals surface area contributed by atoms with E-state index in [9.17, 15) is 14.7 Å². The molecule has 0 aromatic heterocycles. The fourth-order valence-electron chi connectivity index (χ4n) is 3.92. The Morgan fingerprint density at radius 3 is 1.93 bits per heavy atom. The summed E-state index contributed by atoms with van der Waals surface area (Å²) in [5.74, 6) is -0.997. The lowest BCUT2D eigenvalue weighted by Gasteiger charge is -2.27. The van der Waals surface area contributed by atoms with Gasteiger partial charge in [0.25, 0.3) is 0 Å². The highest BCUT2D eigenvalue weighted by Crippen LogP contribution is 2.40. The molecule has 0 spiro atoms. The fraction of sp³-hybridized carbons (Fsp3) is 0.391. The molecule has 0 unspecified atom stereocenters. The second-order valence-corrected chi connectivity index (χ2v) is 8.28. The Hall–Kier alpha value is -2.82. The maximum absolute atomic E-state index is 12.7. The molecule has 28 heavy (non-hydrogen) atoms. The Balaban J connectivity index is 1.93. The molecule has 0 aliphatic carbocycles. The number of likely N-dealkylation sites (tertiary alicyclic amines) is 1. The number of nitrogens with zero attached hydrogens (tertiary/aromatic N) is 1. The van der Waals surface area contributed by atoms with Crippen molar-refractivity contribution in [3.05, 3.63) is 71.8 Å². The maximum atomic E-state index is 12.7. The van der Waals surface area contributed by atoms with Crippen molar-refractivity contribution in [3.8, 4) is 0 Å². The Morgan fingerprint density at radius 2 is 1.50 bits per heavy atom. The third-order valence-corrected chi connectivity index (χ3v) is 5.04. The van der Waals surface area contributed by atoms with Crippen LogP contribution in [0, 0.1) is 5.92 Å². The van der Waals surface area contributed by atoms with Gasteiger partial charge in [-0.15, -0.1) is 0 Å². The van der Waals surface area contributed by atoms with E-state index in [0.29, 0.717) is 13.0 Å². The minimum absolute atomic E-state index is 0.0108. The van der Waals surface area contributed by atoms with Gasteiger partial charge in [-0.2, -0.15) is 0 Å². The number of carbonyl (C=O) groups is 2. The Morgan fingerprint density at radius 1 is 1.00 bits per heavy atom. The van der Waals surface area contributed by atoms with Crippen molar-refractivity contribution >= 4 is 12.1 Å². The van der Waals surface area contributed by atoms with Crippen LogP contribution in [0.2, 0.25) is 0 Å². The minimum atomic E-state index is -0.992. The summed E-state index contributed by atoms with van der Waals surface area (Å²) in [5.41, 5.74) is 1.57. The first kappa shape index (κ1) is 19.9. The zero-order valence-electron chi connectivity index (χ0n) is 16.5. The van der Waals surface area contributed by atoms with Crippen molar-refractivity contribution in [1.29, 1.82) is 0 Å². The van der Waals surface area contributed by atoms with Gasteiger partial charge < -0.3 is 9.84 Å². The molecule has 148 valence electrons. The van der Waals surface area contributed by atoms with Gasteiger partial charge in [0, 0.05) is 12.5 Å². The standard InChI is InChI=1S/C23H27NO4/c1-23(2,3)28-22(27)24-15-18(14-19(24)21(25)26)20(16-10-6-4-7-11-16)17-12-8-5-9-13-17/h4-13,18-20H,14-15H2,1-3H3,(H,25,26)/t18-,19+/m1/s1. The molecule has 3 rings (SSSR count). The van der Waals surface area contributed by atoms with Gasteiger partial charge in [-0.1, -0.05) is 60.7 Å². The lowest BCUT2D eigenvalue weighted by atomic mass is 9.79. The highest BCUT2D eigenvalue weighted by Gasteiger charge is 2.44. The van der Waals surface area contributed by atoms with E-state index in [-0.39, 0.29) is 11.8 Å². The first-order valence-electron chi connectivity index (χ1n) is 9.58. The normalized spacial score (nSPS) is 19.6. The van der Waals surface area contributed by atoms with E-state index >= 15 is 0 Å². The second-order valence-electron chi connectivity index (χ2n) is 8.28. The van der Waals surface area contributed by atoms with Crippen LogP contribution in [0.3, 0.4) is 0 Å². The third kappa shape index (κ3) is 4.53. The van der Waals surface area contributed by atoms with Crippen molar-refractivity contribution in [2.45, 2.75) is 44.8 Å². The summed E-state index contributed by atoms with van der Waals surface area (Å²) in [6.07, 6.45) is -0.175. The molecule has 1 saturated heterocycles. The van der Waals surface area contributed by atoms with Gasteiger partial charge in [0.15, 0.2) is 0 Å². The maximum Gasteiger partial charge on any atom is 0.411 e. The van der Waals surface area contributed by atoms with E-state index in [2.05, 4.69) is 24.3 Å². The number of rotatable bonds is 4. The molecule has 2 aromatic carbocycles. The quantitative estimate of drug-likeness (QED) is 0.845. The molecule has 1 aliphatic rings. The molecule has 0 saturated carbocycles. The Bertz CT molecular complexity index is 774. The fourth-order valence-corrected chi connectivity index (χ4v) is 3.92. The largest absolute Gasteiger partial charge is 0.480 e. The number of carboxylic acids is 1. The highest BCUT2D eigenvalue weighted by atomic mass is 16.6. The van der Waals surface area contributed by atoms with Gasteiger partial charge >= 0.3 is 12.1 Å². The molecule has 0 radical (unpaired) electrons. The zero-order valence-corrected chi connectivity index (χ0v) is 16.5. The van der Waals surface area contributed by atoms with Crippen molar-refractivity contribution in [3.63, 3.8) is 0 Å². The number of carbonyl (C=O) groups excluding carboxylic acids is 1. The predicted octanol–water partition coefficient (Wildman–Crippen LogP) is 4.53. The SMILES string of the molecule is CC(C)(C)OC(=O)N1C[C@H](C(c2ccccc2)c2ccccc2)C[C@H]1C(=O)O. The molecule has 1 amide bonds. The first-order valence-corrected chi connectivity index (χ1v) is 9.58. The average Bonchev–Trinajstić information content (AvgIpc) is 3.08. The van der Waals surface area contributed by atoms with Crippen LogP contribution in [0.25, 0.3) is 0 Å². The van der Waals surface area contributed by atoms with Crippen molar-refractivity contribution < 1.29 is 19.4 Å². The molecule has 5 nitrogen and oxygen atoms in total. The van der Waals surface area contributed by atoms with Crippen LogP contribution in [-0.4, -0.2) is 40.3 Å².